The van der Waals surface area contributed by atoms with E-state index < -0.39 is 0 Å². The SMILES string of the molecule is Cc1cccc(-c2[nH]ncc2C(=O)N2CC(c3ccccn3)C2)c1. The van der Waals surface area contributed by atoms with Gasteiger partial charge in [-0.3, -0.25) is 14.9 Å². The highest BCUT2D eigenvalue weighted by atomic mass is 16.2. The van der Waals surface area contributed by atoms with Gasteiger partial charge in [-0.2, -0.15) is 5.10 Å². The molecular formula is C19H18N4O. The lowest BCUT2D eigenvalue weighted by Crippen LogP contribution is -2.48. The van der Waals surface area contributed by atoms with Gasteiger partial charge in [0, 0.05) is 36.5 Å². The number of rotatable bonds is 3. The summed E-state index contributed by atoms with van der Waals surface area (Å²) in [7, 11) is 0. The summed E-state index contributed by atoms with van der Waals surface area (Å²) in [4.78, 5) is 19.0. The molecule has 3 aromatic rings. The Bertz CT molecular complexity index is 866. The highest BCUT2D eigenvalue weighted by Crippen LogP contribution is 2.29. The topological polar surface area (TPSA) is 61.9 Å². The lowest BCUT2D eigenvalue weighted by Gasteiger charge is -2.38. The van der Waals surface area contributed by atoms with E-state index in [0.29, 0.717) is 24.6 Å². The average molecular weight is 318 g/mol. The first-order valence-corrected chi connectivity index (χ1v) is 8.03. The summed E-state index contributed by atoms with van der Waals surface area (Å²) in [5, 5.41) is 7.05. The van der Waals surface area contributed by atoms with Gasteiger partial charge >= 0.3 is 0 Å². The molecule has 1 aliphatic heterocycles. The maximum absolute atomic E-state index is 12.8. The van der Waals surface area contributed by atoms with Crippen LogP contribution < -0.4 is 0 Å². The number of likely N-dealkylation sites (tertiary alicyclic amines) is 1. The molecular weight excluding hydrogens is 300 g/mol. The third-order valence-electron chi connectivity index (χ3n) is 4.45. The molecule has 120 valence electrons. The Morgan fingerprint density at radius 1 is 1.21 bits per heavy atom. The van der Waals surface area contributed by atoms with Crippen molar-refractivity contribution in [2.75, 3.05) is 13.1 Å². The minimum Gasteiger partial charge on any atom is -0.337 e. The number of carbonyl (C=O) groups excluding carboxylic acids is 1. The Morgan fingerprint density at radius 3 is 2.83 bits per heavy atom. The number of amides is 1. The van der Waals surface area contributed by atoms with Crippen LogP contribution in [0.1, 0.15) is 27.5 Å². The number of carbonyl (C=O) groups is 1. The number of nitrogens with zero attached hydrogens (tertiary/aromatic N) is 3. The van der Waals surface area contributed by atoms with E-state index in [0.717, 1.165) is 22.5 Å². The average Bonchev–Trinajstić information content (AvgIpc) is 3.04. The summed E-state index contributed by atoms with van der Waals surface area (Å²) in [6.45, 7) is 3.44. The van der Waals surface area contributed by atoms with Crippen molar-refractivity contribution in [1.29, 1.82) is 0 Å². The van der Waals surface area contributed by atoms with Crippen LogP contribution in [-0.4, -0.2) is 39.1 Å². The molecule has 24 heavy (non-hydrogen) atoms. The normalized spacial score (nSPS) is 14.5. The molecule has 1 amide bonds. The molecule has 0 spiro atoms. The molecule has 1 aliphatic rings. The van der Waals surface area contributed by atoms with Crippen molar-refractivity contribution in [3.8, 4) is 11.3 Å². The van der Waals surface area contributed by atoms with E-state index in [2.05, 4.69) is 21.2 Å². The summed E-state index contributed by atoms with van der Waals surface area (Å²) in [5.41, 5.74) is 4.59. The van der Waals surface area contributed by atoms with Gasteiger partial charge in [-0.15, -0.1) is 0 Å². The fourth-order valence-electron chi connectivity index (χ4n) is 3.09. The van der Waals surface area contributed by atoms with Gasteiger partial charge in [-0.1, -0.05) is 29.8 Å². The Morgan fingerprint density at radius 2 is 2.08 bits per heavy atom. The summed E-state index contributed by atoms with van der Waals surface area (Å²) in [6, 6.07) is 14.0. The largest absolute Gasteiger partial charge is 0.337 e. The Labute approximate surface area is 140 Å². The number of benzene rings is 1. The molecule has 4 rings (SSSR count). The predicted octanol–water partition coefficient (Wildman–Crippen LogP) is 3.02. The maximum Gasteiger partial charge on any atom is 0.257 e. The summed E-state index contributed by atoms with van der Waals surface area (Å²) in [6.07, 6.45) is 3.42. The monoisotopic (exact) mass is 318 g/mol. The van der Waals surface area contributed by atoms with E-state index >= 15 is 0 Å². The van der Waals surface area contributed by atoms with Crippen molar-refractivity contribution in [2.45, 2.75) is 12.8 Å². The van der Waals surface area contributed by atoms with Crippen molar-refractivity contribution < 1.29 is 4.79 Å². The molecule has 0 bridgehead atoms. The van der Waals surface area contributed by atoms with E-state index in [1.54, 1.807) is 12.4 Å². The van der Waals surface area contributed by atoms with Gasteiger partial charge in [0.25, 0.3) is 5.91 Å². The second-order valence-electron chi connectivity index (χ2n) is 6.19. The second kappa shape index (κ2) is 5.92. The first-order valence-electron chi connectivity index (χ1n) is 8.03. The highest BCUT2D eigenvalue weighted by Gasteiger charge is 2.34. The lowest BCUT2D eigenvalue weighted by atomic mass is 9.94. The molecule has 0 saturated carbocycles. The molecule has 0 atom stereocenters. The van der Waals surface area contributed by atoms with Crippen LogP contribution in [-0.2, 0) is 0 Å². The molecule has 3 heterocycles. The van der Waals surface area contributed by atoms with Crippen LogP contribution >= 0.6 is 0 Å². The number of nitrogens with one attached hydrogen (secondary N) is 1. The van der Waals surface area contributed by atoms with E-state index in [-0.39, 0.29) is 5.91 Å². The number of aromatic amines is 1. The lowest BCUT2D eigenvalue weighted by molar-refractivity contribution is 0.0599. The summed E-state index contributed by atoms with van der Waals surface area (Å²) < 4.78 is 0. The standard InChI is InChI=1S/C19H18N4O/c1-13-5-4-6-14(9-13)18-16(10-21-22-18)19(24)23-11-15(12-23)17-7-2-3-8-20-17/h2-10,15H,11-12H2,1H3,(H,21,22). The number of aryl methyl sites for hydroxylation is 1. The first kappa shape index (κ1) is 14.6. The van der Waals surface area contributed by atoms with Crippen LogP contribution in [0.15, 0.2) is 54.9 Å². The molecule has 5 heteroatoms. The van der Waals surface area contributed by atoms with E-state index in [1.165, 1.54) is 0 Å². The predicted molar refractivity (Wildman–Crippen MR) is 91.6 cm³/mol. The van der Waals surface area contributed by atoms with Crippen molar-refractivity contribution in [2.24, 2.45) is 0 Å². The van der Waals surface area contributed by atoms with Crippen molar-refractivity contribution in [1.82, 2.24) is 20.1 Å². The maximum atomic E-state index is 12.8. The third-order valence-corrected chi connectivity index (χ3v) is 4.45. The van der Waals surface area contributed by atoms with E-state index in [9.17, 15) is 4.79 Å². The number of pyridine rings is 1. The molecule has 0 aliphatic carbocycles. The Kier molecular flexibility index (Phi) is 3.61. The number of hydrogen-bond donors (Lipinski definition) is 1. The first-order chi connectivity index (χ1) is 11.7. The fourth-order valence-corrected chi connectivity index (χ4v) is 3.09. The van der Waals surface area contributed by atoms with Gasteiger partial charge in [0.1, 0.15) is 0 Å². The van der Waals surface area contributed by atoms with Gasteiger partial charge in [-0.05, 0) is 25.1 Å². The van der Waals surface area contributed by atoms with E-state index in [1.807, 2.05) is 48.2 Å². The minimum absolute atomic E-state index is 0.0208. The van der Waals surface area contributed by atoms with Gasteiger partial charge in [0.05, 0.1) is 17.5 Å². The smallest absolute Gasteiger partial charge is 0.257 e. The Hall–Kier alpha value is -2.95. The van der Waals surface area contributed by atoms with Gasteiger partial charge in [0.2, 0.25) is 0 Å². The van der Waals surface area contributed by atoms with Gasteiger partial charge in [0.15, 0.2) is 0 Å². The molecule has 5 nitrogen and oxygen atoms in total. The van der Waals surface area contributed by atoms with E-state index in [4.69, 9.17) is 0 Å². The number of H-pyrrole nitrogens is 1. The molecule has 1 fully saturated rings. The zero-order valence-corrected chi connectivity index (χ0v) is 13.4. The van der Waals surface area contributed by atoms with Crippen LogP contribution in [0.2, 0.25) is 0 Å². The summed E-state index contributed by atoms with van der Waals surface area (Å²) in [5.74, 6) is 0.344. The van der Waals surface area contributed by atoms with Gasteiger partial charge in [-0.25, -0.2) is 0 Å². The molecule has 2 aromatic heterocycles. The van der Waals surface area contributed by atoms with Crippen LogP contribution in [0.3, 0.4) is 0 Å². The second-order valence-corrected chi connectivity index (χ2v) is 6.19. The fraction of sp³-hybridized carbons (Fsp3) is 0.211. The summed E-state index contributed by atoms with van der Waals surface area (Å²) >= 11 is 0. The van der Waals surface area contributed by atoms with Crippen molar-refractivity contribution in [3.63, 3.8) is 0 Å². The molecule has 1 N–H and O–H groups in total. The minimum atomic E-state index is 0.0208. The highest BCUT2D eigenvalue weighted by molar-refractivity contribution is 6.00. The van der Waals surface area contributed by atoms with Crippen LogP contribution in [0.25, 0.3) is 11.3 Å². The van der Waals surface area contributed by atoms with Crippen molar-refractivity contribution >= 4 is 5.91 Å². The Balaban J connectivity index is 1.52. The van der Waals surface area contributed by atoms with Gasteiger partial charge < -0.3 is 4.90 Å². The van der Waals surface area contributed by atoms with Crippen molar-refractivity contribution in [3.05, 3.63) is 71.7 Å². The van der Waals surface area contributed by atoms with Crippen LogP contribution in [0, 0.1) is 6.92 Å². The number of hydrogen-bond acceptors (Lipinski definition) is 3. The molecule has 0 unspecified atom stereocenters. The van der Waals surface area contributed by atoms with Crippen LogP contribution in [0.4, 0.5) is 0 Å². The molecule has 0 radical (unpaired) electrons. The third kappa shape index (κ3) is 2.58. The molecule has 1 saturated heterocycles. The van der Waals surface area contributed by atoms with Crippen LogP contribution in [0.5, 0.6) is 0 Å². The zero-order valence-electron chi connectivity index (χ0n) is 13.4. The zero-order chi connectivity index (χ0) is 16.5. The molecule has 1 aromatic carbocycles. The number of aromatic nitrogens is 3. The quantitative estimate of drug-likeness (QED) is 0.807.